The zero-order chi connectivity index (χ0) is 8.81. The molecule has 0 amide bonds. The van der Waals surface area contributed by atoms with Crippen LogP contribution in [-0.2, 0) is 6.42 Å². The van der Waals surface area contributed by atoms with Crippen LogP contribution >= 0.6 is 0 Å². The first-order chi connectivity index (χ1) is 5.83. The van der Waals surface area contributed by atoms with E-state index in [2.05, 4.69) is 28.5 Å². The predicted octanol–water partition coefficient (Wildman–Crippen LogP) is 1.07. The third-order valence-electron chi connectivity index (χ3n) is 1.76. The third-order valence-corrected chi connectivity index (χ3v) is 1.76. The summed E-state index contributed by atoms with van der Waals surface area (Å²) in [4.78, 5) is 9.24. The Kier molecular flexibility index (Phi) is 3.54. The Labute approximate surface area is 73.1 Å². The van der Waals surface area contributed by atoms with E-state index in [4.69, 9.17) is 0 Å². The molecular weight excluding hydrogens is 150 g/mol. The molecule has 1 N–H and O–H groups in total. The van der Waals surface area contributed by atoms with E-state index in [0.29, 0.717) is 0 Å². The van der Waals surface area contributed by atoms with Crippen molar-refractivity contribution in [3.63, 3.8) is 0 Å². The van der Waals surface area contributed by atoms with Crippen molar-refractivity contribution in [1.29, 1.82) is 0 Å². The van der Waals surface area contributed by atoms with Crippen LogP contribution < -0.4 is 0 Å². The first-order valence-electron chi connectivity index (χ1n) is 4.09. The summed E-state index contributed by atoms with van der Waals surface area (Å²) in [6.45, 7) is 5.66. The second kappa shape index (κ2) is 4.72. The van der Waals surface area contributed by atoms with Gasteiger partial charge in [0.1, 0.15) is 0 Å². The van der Waals surface area contributed by atoms with Gasteiger partial charge in [0.05, 0.1) is 6.33 Å². The van der Waals surface area contributed by atoms with Crippen LogP contribution in [0.15, 0.2) is 25.2 Å². The molecule has 0 atom stereocenters. The minimum absolute atomic E-state index is 0.939. The largest absolute Gasteiger partial charge is 0.348 e. The Hall–Kier alpha value is -1.09. The van der Waals surface area contributed by atoms with Gasteiger partial charge in [-0.2, -0.15) is 0 Å². The summed E-state index contributed by atoms with van der Waals surface area (Å²) in [7, 11) is 2.08. The summed E-state index contributed by atoms with van der Waals surface area (Å²) in [5.74, 6) is 0. The van der Waals surface area contributed by atoms with Gasteiger partial charge in [0.25, 0.3) is 0 Å². The smallest absolute Gasteiger partial charge is 0.0921 e. The molecule has 66 valence electrons. The van der Waals surface area contributed by atoms with Gasteiger partial charge < -0.3 is 9.88 Å². The van der Waals surface area contributed by atoms with E-state index >= 15 is 0 Å². The highest BCUT2D eigenvalue weighted by Gasteiger charge is 1.97. The number of hydrogen-bond donors (Lipinski definition) is 1. The standard InChI is InChI=1S/C9H15N3/c1-3-5-12(2)6-4-9-7-10-8-11-9/h3,7-8H,1,4-6H2,2H3,(H,10,11). The molecule has 0 bridgehead atoms. The molecule has 0 saturated heterocycles. The van der Waals surface area contributed by atoms with Gasteiger partial charge in [0, 0.05) is 31.4 Å². The van der Waals surface area contributed by atoms with E-state index in [1.54, 1.807) is 6.33 Å². The first-order valence-corrected chi connectivity index (χ1v) is 4.09. The highest BCUT2D eigenvalue weighted by molar-refractivity contribution is 4.94. The van der Waals surface area contributed by atoms with Crippen LogP contribution in [0.25, 0.3) is 0 Å². The molecule has 1 aromatic rings. The summed E-state index contributed by atoms with van der Waals surface area (Å²) < 4.78 is 0. The van der Waals surface area contributed by atoms with E-state index < -0.39 is 0 Å². The Morgan fingerprint density at radius 2 is 2.58 bits per heavy atom. The maximum absolute atomic E-state index is 3.95. The molecule has 3 nitrogen and oxygen atoms in total. The number of aromatic nitrogens is 2. The van der Waals surface area contributed by atoms with E-state index in [9.17, 15) is 0 Å². The van der Waals surface area contributed by atoms with Crippen molar-refractivity contribution < 1.29 is 0 Å². The Bertz CT molecular complexity index is 216. The van der Waals surface area contributed by atoms with Crippen LogP contribution in [0.4, 0.5) is 0 Å². The highest BCUT2D eigenvalue weighted by atomic mass is 15.1. The molecule has 1 rings (SSSR count). The Morgan fingerprint density at radius 3 is 3.17 bits per heavy atom. The first kappa shape index (κ1) is 9.00. The normalized spacial score (nSPS) is 10.5. The van der Waals surface area contributed by atoms with E-state index in [1.165, 1.54) is 5.69 Å². The van der Waals surface area contributed by atoms with Gasteiger partial charge in [-0.25, -0.2) is 4.98 Å². The molecule has 0 saturated carbocycles. The van der Waals surface area contributed by atoms with Crippen molar-refractivity contribution >= 4 is 0 Å². The summed E-state index contributed by atoms with van der Waals surface area (Å²) in [6, 6.07) is 0. The SMILES string of the molecule is C=CCN(C)CCc1cnc[nH]1. The van der Waals surface area contributed by atoms with Gasteiger partial charge in [-0.15, -0.1) is 6.58 Å². The molecule has 1 aromatic heterocycles. The molecule has 0 aromatic carbocycles. The molecular formula is C9H15N3. The summed E-state index contributed by atoms with van der Waals surface area (Å²) in [5.41, 5.74) is 1.19. The monoisotopic (exact) mass is 165 g/mol. The highest BCUT2D eigenvalue weighted by Crippen LogP contribution is 1.94. The zero-order valence-electron chi connectivity index (χ0n) is 7.45. The lowest BCUT2D eigenvalue weighted by Crippen LogP contribution is -2.21. The number of aromatic amines is 1. The number of likely N-dealkylation sites (N-methyl/N-ethyl adjacent to an activating group) is 1. The van der Waals surface area contributed by atoms with Crippen LogP contribution in [0.3, 0.4) is 0 Å². The van der Waals surface area contributed by atoms with Crippen LogP contribution in [0, 0.1) is 0 Å². The molecule has 0 aliphatic carbocycles. The van der Waals surface area contributed by atoms with E-state index in [0.717, 1.165) is 19.5 Å². The van der Waals surface area contributed by atoms with Crippen molar-refractivity contribution in [3.8, 4) is 0 Å². The average Bonchev–Trinajstić information content (AvgIpc) is 2.53. The molecule has 1 heterocycles. The lowest BCUT2D eigenvalue weighted by atomic mass is 10.3. The van der Waals surface area contributed by atoms with Crippen LogP contribution in [-0.4, -0.2) is 35.0 Å². The summed E-state index contributed by atoms with van der Waals surface area (Å²) >= 11 is 0. The predicted molar refractivity (Wildman–Crippen MR) is 50.0 cm³/mol. The van der Waals surface area contributed by atoms with Crippen LogP contribution in [0.2, 0.25) is 0 Å². The molecule has 0 fully saturated rings. The maximum atomic E-state index is 3.95. The zero-order valence-corrected chi connectivity index (χ0v) is 7.45. The molecule has 0 radical (unpaired) electrons. The van der Waals surface area contributed by atoms with Crippen LogP contribution in [0.5, 0.6) is 0 Å². The van der Waals surface area contributed by atoms with Gasteiger partial charge in [0.15, 0.2) is 0 Å². The number of H-pyrrole nitrogens is 1. The number of rotatable bonds is 5. The maximum Gasteiger partial charge on any atom is 0.0921 e. The minimum atomic E-state index is 0.939. The number of nitrogens with one attached hydrogen (secondary N) is 1. The van der Waals surface area contributed by atoms with Gasteiger partial charge in [0.2, 0.25) is 0 Å². The Balaban J connectivity index is 2.21. The van der Waals surface area contributed by atoms with Crippen LogP contribution in [0.1, 0.15) is 5.69 Å². The Morgan fingerprint density at radius 1 is 1.75 bits per heavy atom. The lowest BCUT2D eigenvalue weighted by Gasteiger charge is -2.12. The molecule has 3 heteroatoms. The summed E-state index contributed by atoms with van der Waals surface area (Å²) in [6.07, 6.45) is 6.50. The lowest BCUT2D eigenvalue weighted by molar-refractivity contribution is 0.374. The minimum Gasteiger partial charge on any atom is -0.348 e. The molecule has 0 spiro atoms. The molecule has 0 aliphatic heterocycles. The van der Waals surface area contributed by atoms with Crippen molar-refractivity contribution in [3.05, 3.63) is 30.9 Å². The average molecular weight is 165 g/mol. The quantitative estimate of drug-likeness (QED) is 0.662. The number of imidazole rings is 1. The fraction of sp³-hybridized carbons (Fsp3) is 0.444. The molecule has 0 aliphatic rings. The fourth-order valence-electron chi connectivity index (χ4n) is 1.04. The van der Waals surface area contributed by atoms with Gasteiger partial charge in [-0.05, 0) is 7.05 Å². The topological polar surface area (TPSA) is 31.9 Å². The van der Waals surface area contributed by atoms with Crippen molar-refractivity contribution in [2.75, 3.05) is 20.1 Å². The van der Waals surface area contributed by atoms with Crippen molar-refractivity contribution in [2.45, 2.75) is 6.42 Å². The molecule has 12 heavy (non-hydrogen) atoms. The number of nitrogens with zero attached hydrogens (tertiary/aromatic N) is 2. The van der Waals surface area contributed by atoms with E-state index in [-0.39, 0.29) is 0 Å². The fourth-order valence-corrected chi connectivity index (χ4v) is 1.04. The summed E-state index contributed by atoms with van der Waals surface area (Å²) in [5, 5.41) is 0. The van der Waals surface area contributed by atoms with Crippen molar-refractivity contribution in [1.82, 2.24) is 14.9 Å². The van der Waals surface area contributed by atoms with Crippen molar-refractivity contribution in [2.24, 2.45) is 0 Å². The van der Waals surface area contributed by atoms with Gasteiger partial charge in [-0.3, -0.25) is 0 Å². The number of hydrogen-bond acceptors (Lipinski definition) is 2. The molecule has 0 unspecified atom stereocenters. The second-order valence-electron chi connectivity index (χ2n) is 2.88. The third kappa shape index (κ3) is 2.88. The van der Waals surface area contributed by atoms with E-state index in [1.807, 2.05) is 12.3 Å². The van der Waals surface area contributed by atoms with Gasteiger partial charge in [-0.1, -0.05) is 6.08 Å². The van der Waals surface area contributed by atoms with Gasteiger partial charge >= 0.3 is 0 Å². The second-order valence-corrected chi connectivity index (χ2v) is 2.88.